The predicted octanol–water partition coefficient (Wildman–Crippen LogP) is 1.41. The van der Waals surface area contributed by atoms with E-state index in [4.69, 9.17) is 9.47 Å². The maximum Gasteiger partial charge on any atom is 0.315 e. The molecule has 5 fully saturated rings. The highest BCUT2D eigenvalue weighted by atomic mass is 16.7. The van der Waals surface area contributed by atoms with Crippen LogP contribution in [0.25, 0.3) is 0 Å². The van der Waals surface area contributed by atoms with E-state index in [0.29, 0.717) is 38.5 Å². The van der Waals surface area contributed by atoms with Crippen LogP contribution in [0.2, 0.25) is 0 Å². The van der Waals surface area contributed by atoms with Gasteiger partial charge < -0.3 is 50.3 Å². The van der Waals surface area contributed by atoms with Gasteiger partial charge in [0.25, 0.3) is 0 Å². The molecule has 6 aliphatic rings. The monoisotopic (exact) mass is 666 g/mol. The molecular weight excluding hydrogens is 608 g/mol. The number of rotatable bonds is 4. The Bertz CT molecular complexity index is 1270. The maximum absolute atomic E-state index is 14.5. The molecule has 0 aromatic heterocycles. The molecule has 11 nitrogen and oxygen atoms in total. The van der Waals surface area contributed by atoms with Gasteiger partial charge in [-0.15, -0.1) is 0 Å². The largest absolute Gasteiger partial charge is 0.432 e. The van der Waals surface area contributed by atoms with Crippen molar-refractivity contribution in [2.24, 2.45) is 50.7 Å². The molecule has 17 atom stereocenters. The van der Waals surface area contributed by atoms with Gasteiger partial charge in [-0.1, -0.05) is 46.3 Å². The molecule has 1 saturated heterocycles. The van der Waals surface area contributed by atoms with Gasteiger partial charge in [-0.05, 0) is 92.3 Å². The Morgan fingerprint density at radius 2 is 1.60 bits per heavy atom. The van der Waals surface area contributed by atoms with E-state index >= 15 is 0 Å². The van der Waals surface area contributed by atoms with Crippen LogP contribution in [0.4, 0.5) is 0 Å². The molecule has 5 aliphatic carbocycles. The highest BCUT2D eigenvalue weighted by Crippen LogP contribution is 2.76. The zero-order chi connectivity index (χ0) is 34.7. The average molecular weight is 667 g/mol. The van der Waals surface area contributed by atoms with E-state index in [1.807, 2.05) is 20.8 Å². The first-order valence-corrected chi connectivity index (χ1v) is 17.7. The van der Waals surface area contributed by atoms with Crippen LogP contribution in [-0.4, -0.2) is 109 Å². The van der Waals surface area contributed by atoms with Crippen LogP contribution in [0.1, 0.15) is 92.9 Å². The third-order valence-corrected chi connectivity index (χ3v) is 15.6. The maximum atomic E-state index is 14.5. The minimum absolute atomic E-state index is 0.00373. The van der Waals surface area contributed by atoms with E-state index in [9.17, 15) is 45.6 Å². The highest BCUT2D eigenvalue weighted by Gasteiger charge is 2.72. The summed E-state index contributed by atoms with van der Waals surface area (Å²) in [5.41, 5.74) is -3.27. The zero-order valence-electron chi connectivity index (χ0n) is 28.8. The lowest BCUT2D eigenvalue weighted by Crippen LogP contribution is -2.69. The van der Waals surface area contributed by atoms with Gasteiger partial charge in [-0.3, -0.25) is 4.79 Å². The molecule has 4 saturated carbocycles. The van der Waals surface area contributed by atoms with Crippen LogP contribution in [0.3, 0.4) is 0 Å². The summed E-state index contributed by atoms with van der Waals surface area (Å²) in [4.78, 5) is 14.5. The van der Waals surface area contributed by atoms with E-state index in [1.165, 1.54) is 0 Å². The molecule has 47 heavy (non-hydrogen) atoms. The SMILES string of the molecule is C[C@@H]1CC[C@]2(C(=O)O[C@@H]3O[C@H](CO)[C@@H](O)[C@H](O)[C@H]3O)CC[C@]3(C)C(=CC[C@@H]4[C@@]5(C)C[C@@H](O)[C@H](O)[C@@](C)(CO)[C@H]5CC[C@]43C)[C@@H]2[C@]1(C)O. The molecule has 0 aromatic rings. The molecule has 0 bridgehead atoms. The van der Waals surface area contributed by atoms with Crippen LogP contribution in [0.15, 0.2) is 11.6 Å². The summed E-state index contributed by atoms with van der Waals surface area (Å²) >= 11 is 0. The van der Waals surface area contributed by atoms with Crippen molar-refractivity contribution >= 4 is 5.97 Å². The standard InChI is InChI=1S/C36H58O11/c1-18-9-12-36(30(44)47-29-26(42)25(41)24(40)21(16-37)46-29)14-13-33(4)19(27(36)35(18,6)45)7-8-23-31(2)15-20(39)28(43)32(3,17-38)22(31)10-11-34(23,33)5/h7,18,20-29,37-43,45H,8-17H2,1-6H3/t18-,20-,21-,22+,23-,24-,25+,26-,27-,28+,29+,31+,32+,33-,34-,35-,36+/m1/s1. The van der Waals surface area contributed by atoms with Crippen molar-refractivity contribution in [2.75, 3.05) is 13.2 Å². The first-order valence-electron chi connectivity index (χ1n) is 17.7. The third-order valence-electron chi connectivity index (χ3n) is 15.6. The molecule has 1 aliphatic heterocycles. The van der Waals surface area contributed by atoms with Gasteiger partial charge in [0.05, 0.1) is 36.4 Å². The van der Waals surface area contributed by atoms with Crippen molar-refractivity contribution in [1.82, 2.24) is 0 Å². The van der Waals surface area contributed by atoms with Crippen LogP contribution < -0.4 is 0 Å². The normalized spacial score (nSPS) is 57.5. The van der Waals surface area contributed by atoms with E-state index < -0.39 is 83.3 Å². The van der Waals surface area contributed by atoms with Gasteiger partial charge in [-0.2, -0.15) is 0 Å². The fourth-order valence-corrected chi connectivity index (χ4v) is 12.4. The minimum atomic E-state index is -1.72. The first-order chi connectivity index (χ1) is 21.8. The van der Waals surface area contributed by atoms with Crippen molar-refractivity contribution in [2.45, 2.75) is 141 Å². The van der Waals surface area contributed by atoms with E-state index in [-0.39, 0.29) is 35.2 Å². The Hall–Kier alpha value is -1.15. The van der Waals surface area contributed by atoms with Crippen molar-refractivity contribution in [3.8, 4) is 0 Å². The number of allylic oxidation sites excluding steroid dienone is 1. The molecule has 6 rings (SSSR count). The van der Waals surface area contributed by atoms with Crippen LogP contribution >= 0.6 is 0 Å². The summed E-state index contributed by atoms with van der Waals surface area (Å²) in [6, 6.07) is 0. The van der Waals surface area contributed by atoms with E-state index in [1.54, 1.807) is 0 Å². The van der Waals surface area contributed by atoms with Gasteiger partial charge in [0.15, 0.2) is 0 Å². The Morgan fingerprint density at radius 3 is 2.23 bits per heavy atom. The zero-order valence-corrected chi connectivity index (χ0v) is 28.8. The predicted molar refractivity (Wildman–Crippen MR) is 169 cm³/mol. The third kappa shape index (κ3) is 4.60. The van der Waals surface area contributed by atoms with Gasteiger partial charge in [0.2, 0.25) is 6.29 Å². The highest BCUT2D eigenvalue weighted by molar-refractivity contribution is 5.79. The van der Waals surface area contributed by atoms with E-state index in [0.717, 1.165) is 18.4 Å². The van der Waals surface area contributed by atoms with Gasteiger partial charge in [-0.25, -0.2) is 0 Å². The minimum Gasteiger partial charge on any atom is -0.432 e. The number of ether oxygens (including phenoxy) is 2. The molecule has 0 aromatic carbocycles. The summed E-state index contributed by atoms with van der Waals surface area (Å²) in [5, 5.41) is 86.2. The fourth-order valence-electron chi connectivity index (χ4n) is 12.4. The molecule has 268 valence electrons. The van der Waals surface area contributed by atoms with Gasteiger partial charge in [0, 0.05) is 11.3 Å². The Kier molecular flexibility index (Phi) is 8.68. The Morgan fingerprint density at radius 1 is 0.915 bits per heavy atom. The van der Waals surface area contributed by atoms with Gasteiger partial charge in [0.1, 0.15) is 24.4 Å². The summed E-state index contributed by atoms with van der Waals surface area (Å²) in [6.07, 6.45) is -2.75. The molecule has 0 unspecified atom stereocenters. The molecule has 11 heteroatoms. The number of carbonyl (C=O) groups is 1. The van der Waals surface area contributed by atoms with Crippen molar-refractivity contribution < 1.29 is 55.1 Å². The van der Waals surface area contributed by atoms with Gasteiger partial charge >= 0.3 is 5.97 Å². The second-order valence-corrected chi connectivity index (χ2v) is 17.5. The lowest BCUT2D eigenvalue weighted by atomic mass is 9.33. The summed E-state index contributed by atoms with van der Waals surface area (Å²) in [6.45, 7) is 11.6. The second-order valence-electron chi connectivity index (χ2n) is 17.5. The molecule has 0 radical (unpaired) electrons. The Labute approximate surface area is 278 Å². The summed E-state index contributed by atoms with van der Waals surface area (Å²) in [5.74, 6) is -1.23. The number of fused-ring (bicyclic) bond motifs is 7. The average Bonchev–Trinajstić information content (AvgIpc) is 3.02. The van der Waals surface area contributed by atoms with Crippen LogP contribution in [-0.2, 0) is 14.3 Å². The molecule has 0 spiro atoms. The molecule has 1 heterocycles. The summed E-state index contributed by atoms with van der Waals surface area (Å²) < 4.78 is 11.4. The topological polar surface area (TPSA) is 197 Å². The van der Waals surface area contributed by atoms with Crippen molar-refractivity contribution in [1.29, 1.82) is 0 Å². The van der Waals surface area contributed by atoms with Crippen molar-refractivity contribution in [3.05, 3.63) is 11.6 Å². The molecular formula is C36H58O11. The van der Waals surface area contributed by atoms with E-state index in [2.05, 4.69) is 26.8 Å². The first kappa shape index (κ1) is 35.7. The number of hydrogen-bond donors (Lipinski definition) is 8. The lowest BCUT2D eigenvalue weighted by Gasteiger charge is -2.72. The van der Waals surface area contributed by atoms with Crippen molar-refractivity contribution in [3.63, 3.8) is 0 Å². The summed E-state index contributed by atoms with van der Waals surface area (Å²) in [7, 11) is 0. The molecule has 0 amide bonds. The lowest BCUT2D eigenvalue weighted by molar-refractivity contribution is -0.299. The number of carbonyl (C=O) groups excluding carboxylic acids is 1. The van der Waals surface area contributed by atoms with Crippen LogP contribution in [0.5, 0.6) is 0 Å². The fraction of sp³-hybridized carbons (Fsp3) is 0.917. The number of esters is 1. The smallest absolute Gasteiger partial charge is 0.315 e. The van der Waals surface area contributed by atoms with Crippen LogP contribution in [0, 0.1) is 50.7 Å². The number of aliphatic hydroxyl groups excluding tert-OH is 7. The quantitative estimate of drug-likeness (QED) is 0.160. The second kappa shape index (κ2) is 11.4. The Balaban J connectivity index is 1.40. The molecule has 8 N–H and O–H groups in total. The number of hydrogen-bond acceptors (Lipinski definition) is 11. The number of aliphatic hydroxyl groups is 8.